The van der Waals surface area contributed by atoms with E-state index in [1.54, 1.807) is 10.7 Å². The maximum Gasteiger partial charge on any atom is 0.140 e. The first-order valence-electron chi connectivity index (χ1n) is 8.14. The van der Waals surface area contributed by atoms with Crippen LogP contribution in [0.4, 0.5) is 4.39 Å². The third-order valence-electron chi connectivity index (χ3n) is 3.81. The molecule has 0 saturated heterocycles. The van der Waals surface area contributed by atoms with Gasteiger partial charge in [-0.3, -0.25) is 0 Å². The van der Waals surface area contributed by atoms with Gasteiger partial charge in [-0.25, -0.2) is 9.07 Å². The van der Waals surface area contributed by atoms with Crippen molar-refractivity contribution in [2.45, 2.75) is 38.8 Å². The molecule has 0 N–H and O–H groups in total. The highest BCUT2D eigenvalue weighted by Crippen LogP contribution is 2.22. The van der Waals surface area contributed by atoms with E-state index in [9.17, 15) is 4.39 Å². The molecule has 2 aromatic rings. The summed E-state index contributed by atoms with van der Waals surface area (Å²) in [6.07, 6.45) is 0.729. The highest BCUT2D eigenvalue weighted by atomic mass is 28.3. The molecule has 0 aliphatic carbocycles. The minimum absolute atomic E-state index is 0.204. The summed E-state index contributed by atoms with van der Waals surface area (Å²) in [7, 11) is 2.92. The molecule has 2 rings (SSSR count). The van der Waals surface area contributed by atoms with Gasteiger partial charge < -0.3 is 9.64 Å². The second-order valence-corrected chi connectivity index (χ2v) is 13.1. The van der Waals surface area contributed by atoms with E-state index >= 15 is 0 Å². The van der Waals surface area contributed by atoms with E-state index in [1.807, 2.05) is 20.2 Å². The van der Waals surface area contributed by atoms with Gasteiger partial charge in [-0.2, -0.15) is 5.10 Å². The number of hydrogen-bond acceptors (Lipinski definition) is 3. The largest absolute Gasteiger partial charge is 0.360 e. The zero-order valence-corrected chi connectivity index (χ0v) is 15.9. The molecule has 0 fully saturated rings. The summed E-state index contributed by atoms with van der Waals surface area (Å²) in [5.41, 5.74) is 1.62. The summed E-state index contributed by atoms with van der Waals surface area (Å²) < 4.78 is 21.8. The van der Waals surface area contributed by atoms with Crippen molar-refractivity contribution >= 4 is 19.0 Å². The zero-order valence-electron chi connectivity index (χ0n) is 14.9. The first-order valence-corrected chi connectivity index (χ1v) is 11.8. The van der Waals surface area contributed by atoms with Crippen LogP contribution in [-0.4, -0.2) is 50.0 Å². The van der Waals surface area contributed by atoms with Gasteiger partial charge in [0.15, 0.2) is 0 Å². The van der Waals surface area contributed by atoms with E-state index < -0.39 is 8.07 Å². The standard InChI is InChI=1S/C17H28FN3OSi/c1-20(2)10-9-15-17-14(18)7-6-8-16(17)21(19-15)13-22-11-12-23(3,4)5/h6-8H,9-13H2,1-5H3. The van der Waals surface area contributed by atoms with Gasteiger partial charge in [-0.1, -0.05) is 25.7 Å². The Morgan fingerprint density at radius 1 is 1.26 bits per heavy atom. The highest BCUT2D eigenvalue weighted by molar-refractivity contribution is 6.76. The Morgan fingerprint density at radius 3 is 2.65 bits per heavy atom. The molecule has 1 aromatic carbocycles. The smallest absolute Gasteiger partial charge is 0.140 e. The molecule has 0 bridgehead atoms. The lowest BCUT2D eigenvalue weighted by Gasteiger charge is -2.15. The lowest BCUT2D eigenvalue weighted by Crippen LogP contribution is -2.22. The maximum atomic E-state index is 14.2. The fraction of sp³-hybridized carbons (Fsp3) is 0.588. The Morgan fingerprint density at radius 2 is 2.00 bits per heavy atom. The van der Waals surface area contributed by atoms with Gasteiger partial charge in [0, 0.05) is 27.6 Å². The minimum Gasteiger partial charge on any atom is -0.360 e. The van der Waals surface area contributed by atoms with Crippen molar-refractivity contribution in [2.75, 3.05) is 27.2 Å². The molecule has 128 valence electrons. The number of aromatic nitrogens is 2. The summed E-state index contributed by atoms with van der Waals surface area (Å²) in [6, 6.07) is 6.26. The summed E-state index contributed by atoms with van der Waals surface area (Å²) >= 11 is 0. The quantitative estimate of drug-likeness (QED) is 0.545. The van der Waals surface area contributed by atoms with Gasteiger partial charge >= 0.3 is 0 Å². The molecule has 23 heavy (non-hydrogen) atoms. The molecular formula is C17H28FN3OSi. The molecule has 6 heteroatoms. The maximum absolute atomic E-state index is 14.2. The molecule has 0 amide bonds. The SMILES string of the molecule is CN(C)CCc1nn(COCC[Si](C)(C)C)c2cccc(F)c12. The van der Waals surface area contributed by atoms with Crippen LogP contribution in [0, 0.1) is 5.82 Å². The third-order valence-corrected chi connectivity index (χ3v) is 5.51. The van der Waals surface area contributed by atoms with Crippen LogP contribution in [0.5, 0.6) is 0 Å². The van der Waals surface area contributed by atoms with Gasteiger partial charge in [-0.15, -0.1) is 0 Å². The predicted octanol–water partition coefficient (Wildman–Crippen LogP) is 3.59. The topological polar surface area (TPSA) is 30.3 Å². The van der Waals surface area contributed by atoms with Crippen molar-refractivity contribution in [1.82, 2.24) is 14.7 Å². The van der Waals surface area contributed by atoms with Crippen LogP contribution in [0.2, 0.25) is 25.7 Å². The number of likely N-dealkylation sites (N-methyl/N-ethyl adjacent to an activating group) is 1. The van der Waals surface area contributed by atoms with Crippen LogP contribution in [0.25, 0.3) is 10.9 Å². The fourth-order valence-corrected chi connectivity index (χ4v) is 3.15. The van der Waals surface area contributed by atoms with Gasteiger partial charge in [0.2, 0.25) is 0 Å². The molecule has 0 aliphatic heterocycles. The van der Waals surface area contributed by atoms with Crippen molar-refractivity contribution in [3.8, 4) is 0 Å². The number of rotatable bonds is 8. The second kappa shape index (κ2) is 7.55. The van der Waals surface area contributed by atoms with Gasteiger partial charge in [-0.05, 0) is 32.3 Å². The van der Waals surface area contributed by atoms with Crippen LogP contribution in [-0.2, 0) is 17.9 Å². The van der Waals surface area contributed by atoms with Crippen molar-refractivity contribution in [1.29, 1.82) is 0 Å². The Hall–Kier alpha value is -1.24. The van der Waals surface area contributed by atoms with E-state index in [4.69, 9.17) is 4.74 Å². The zero-order chi connectivity index (χ0) is 17.0. The average Bonchev–Trinajstić information content (AvgIpc) is 2.80. The Kier molecular flexibility index (Phi) is 5.94. The van der Waals surface area contributed by atoms with Crippen LogP contribution >= 0.6 is 0 Å². The molecule has 1 heterocycles. The predicted molar refractivity (Wildman–Crippen MR) is 96.1 cm³/mol. The molecule has 0 unspecified atom stereocenters. The van der Waals surface area contributed by atoms with Gasteiger partial charge in [0.1, 0.15) is 12.5 Å². The molecule has 0 atom stereocenters. The number of benzene rings is 1. The average molecular weight is 338 g/mol. The van der Waals surface area contributed by atoms with Gasteiger partial charge in [0.25, 0.3) is 0 Å². The van der Waals surface area contributed by atoms with Crippen molar-refractivity contribution in [3.63, 3.8) is 0 Å². The van der Waals surface area contributed by atoms with Crippen LogP contribution in [0.1, 0.15) is 5.69 Å². The normalized spacial score (nSPS) is 12.5. The second-order valence-electron chi connectivity index (χ2n) is 7.48. The van der Waals surface area contributed by atoms with Crippen molar-refractivity contribution in [2.24, 2.45) is 0 Å². The van der Waals surface area contributed by atoms with Crippen molar-refractivity contribution in [3.05, 3.63) is 29.7 Å². The molecule has 0 radical (unpaired) electrons. The van der Waals surface area contributed by atoms with Crippen LogP contribution in [0.15, 0.2) is 18.2 Å². The summed E-state index contributed by atoms with van der Waals surface area (Å²) in [5, 5.41) is 5.22. The number of halogens is 1. The molecule has 0 aliphatic rings. The monoisotopic (exact) mass is 337 g/mol. The number of hydrogen-bond donors (Lipinski definition) is 0. The minimum atomic E-state index is -1.10. The van der Waals surface area contributed by atoms with Crippen molar-refractivity contribution < 1.29 is 9.13 Å². The molecule has 4 nitrogen and oxygen atoms in total. The van der Waals surface area contributed by atoms with Crippen LogP contribution in [0.3, 0.4) is 0 Å². The Labute approximate surface area is 139 Å². The Balaban J connectivity index is 2.14. The van der Waals surface area contributed by atoms with E-state index in [1.165, 1.54) is 6.07 Å². The summed E-state index contributed by atoms with van der Waals surface area (Å²) in [6.45, 7) is 8.94. The lowest BCUT2D eigenvalue weighted by molar-refractivity contribution is 0.0813. The van der Waals surface area contributed by atoms with E-state index in [-0.39, 0.29) is 5.82 Å². The molecule has 0 spiro atoms. The first kappa shape index (κ1) is 18.1. The van der Waals surface area contributed by atoms with Crippen LogP contribution < -0.4 is 0 Å². The molecular weight excluding hydrogens is 309 g/mol. The molecule has 1 aromatic heterocycles. The fourth-order valence-electron chi connectivity index (χ4n) is 2.40. The number of ether oxygens (including phenoxy) is 1. The lowest BCUT2D eigenvalue weighted by atomic mass is 10.1. The van der Waals surface area contributed by atoms with E-state index in [0.29, 0.717) is 12.1 Å². The molecule has 0 saturated carbocycles. The third kappa shape index (κ3) is 5.12. The number of nitrogens with zero attached hydrogens (tertiary/aromatic N) is 3. The Bertz CT molecular complexity index is 649. The first-order chi connectivity index (χ1) is 10.8. The van der Waals surface area contributed by atoms with Gasteiger partial charge in [0.05, 0.1) is 16.6 Å². The van der Waals surface area contributed by atoms with E-state index in [0.717, 1.165) is 36.8 Å². The van der Waals surface area contributed by atoms with E-state index in [2.05, 4.69) is 29.6 Å². The highest BCUT2D eigenvalue weighted by Gasteiger charge is 2.15. The number of fused-ring (bicyclic) bond motifs is 1. The summed E-state index contributed by atoms with van der Waals surface area (Å²) in [4.78, 5) is 2.08. The summed E-state index contributed by atoms with van der Waals surface area (Å²) in [5.74, 6) is -0.204.